The van der Waals surface area contributed by atoms with Crippen LogP contribution in [0.1, 0.15) is 25.3 Å². The Morgan fingerprint density at radius 1 is 1.29 bits per heavy atom. The summed E-state index contributed by atoms with van der Waals surface area (Å²) in [6.45, 7) is 4.28. The highest BCUT2D eigenvalue weighted by atomic mass is 16.5. The van der Waals surface area contributed by atoms with Crippen LogP contribution >= 0.6 is 0 Å². The normalized spacial score (nSPS) is 10.8. The number of ether oxygens (including phenoxy) is 1. The maximum atomic E-state index is 5.52. The van der Waals surface area contributed by atoms with Gasteiger partial charge in [0.05, 0.1) is 7.11 Å². The maximum Gasteiger partial charge on any atom is 0.222 e. The molecule has 0 fully saturated rings. The number of nitrogens with zero attached hydrogens (tertiary/aromatic N) is 1. The van der Waals surface area contributed by atoms with E-state index in [2.05, 4.69) is 25.1 Å². The molecule has 1 aromatic heterocycles. The molecule has 0 unspecified atom stereocenters. The molecule has 4 heteroatoms. The third-order valence-corrected chi connectivity index (χ3v) is 2.70. The smallest absolute Gasteiger partial charge is 0.222 e. The van der Waals surface area contributed by atoms with Crippen molar-refractivity contribution in [3.05, 3.63) is 29.8 Å². The van der Waals surface area contributed by atoms with Crippen LogP contribution < -0.4 is 10.5 Å². The molecule has 0 aliphatic carbocycles. The summed E-state index contributed by atoms with van der Waals surface area (Å²) >= 11 is 0. The molecule has 0 aliphatic rings. The highest BCUT2D eigenvalue weighted by Crippen LogP contribution is 2.32. The van der Waals surface area contributed by atoms with Gasteiger partial charge >= 0.3 is 0 Å². The third-order valence-electron chi connectivity index (χ3n) is 2.70. The SMILES string of the molecule is COc1cc(C(C)C)ccc1-c1cc(N)on1. The van der Waals surface area contributed by atoms with Crippen LogP contribution in [0.3, 0.4) is 0 Å². The van der Waals surface area contributed by atoms with Crippen LogP contribution in [0.15, 0.2) is 28.8 Å². The molecule has 0 aliphatic heterocycles. The van der Waals surface area contributed by atoms with E-state index in [1.807, 2.05) is 12.1 Å². The van der Waals surface area contributed by atoms with Crippen molar-refractivity contribution in [3.8, 4) is 17.0 Å². The number of hydrogen-bond acceptors (Lipinski definition) is 4. The van der Waals surface area contributed by atoms with Crippen molar-refractivity contribution >= 4 is 5.88 Å². The van der Waals surface area contributed by atoms with Gasteiger partial charge in [-0.05, 0) is 23.6 Å². The molecule has 0 amide bonds. The lowest BCUT2D eigenvalue weighted by molar-refractivity contribution is 0.413. The number of hydrogen-bond donors (Lipinski definition) is 1. The van der Waals surface area contributed by atoms with Crippen molar-refractivity contribution in [2.24, 2.45) is 0 Å². The van der Waals surface area contributed by atoms with Crippen LogP contribution in [0.2, 0.25) is 0 Å². The molecule has 4 nitrogen and oxygen atoms in total. The Kier molecular flexibility index (Phi) is 3.04. The first-order valence-electron chi connectivity index (χ1n) is 5.52. The molecule has 0 radical (unpaired) electrons. The number of rotatable bonds is 3. The highest BCUT2D eigenvalue weighted by molar-refractivity contribution is 5.69. The molecular formula is C13H16N2O2. The quantitative estimate of drug-likeness (QED) is 0.883. The summed E-state index contributed by atoms with van der Waals surface area (Å²) in [6, 6.07) is 7.75. The number of nitrogens with two attached hydrogens (primary N) is 1. The van der Waals surface area contributed by atoms with E-state index in [4.69, 9.17) is 15.0 Å². The summed E-state index contributed by atoms with van der Waals surface area (Å²) in [6.07, 6.45) is 0. The van der Waals surface area contributed by atoms with Crippen molar-refractivity contribution in [2.75, 3.05) is 12.8 Å². The predicted molar refractivity (Wildman–Crippen MR) is 67.0 cm³/mol. The Balaban J connectivity index is 2.48. The molecule has 90 valence electrons. The summed E-state index contributed by atoms with van der Waals surface area (Å²) in [7, 11) is 1.65. The van der Waals surface area contributed by atoms with Gasteiger partial charge in [0, 0.05) is 11.6 Å². The molecule has 0 saturated heterocycles. The van der Waals surface area contributed by atoms with E-state index in [1.165, 1.54) is 5.56 Å². The minimum absolute atomic E-state index is 0.301. The lowest BCUT2D eigenvalue weighted by Crippen LogP contribution is -1.93. The van der Waals surface area contributed by atoms with Gasteiger partial charge in [0.2, 0.25) is 5.88 Å². The summed E-state index contributed by atoms with van der Waals surface area (Å²) in [5.74, 6) is 1.54. The van der Waals surface area contributed by atoms with Gasteiger partial charge in [-0.3, -0.25) is 0 Å². The molecule has 0 saturated carbocycles. The Hall–Kier alpha value is -1.97. The minimum Gasteiger partial charge on any atom is -0.496 e. The molecule has 2 aromatic rings. The van der Waals surface area contributed by atoms with Gasteiger partial charge in [0.15, 0.2) is 0 Å². The second-order valence-corrected chi connectivity index (χ2v) is 4.23. The third kappa shape index (κ3) is 2.25. The topological polar surface area (TPSA) is 61.3 Å². The number of methoxy groups -OCH3 is 1. The number of nitrogen functional groups attached to an aromatic ring is 1. The second-order valence-electron chi connectivity index (χ2n) is 4.23. The van der Waals surface area contributed by atoms with E-state index in [0.29, 0.717) is 17.5 Å². The zero-order valence-corrected chi connectivity index (χ0v) is 10.2. The molecule has 1 aromatic carbocycles. The standard InChI is InChI=1S/C13H16N2O2/c1-8(2)9-4-5-10(12(6-9)16-3)11-7-13(14)17-15-11/h4-8H,14H2,1-3H3. The lowest BCUT2D eigenvalue weighted by atomic mass is 10.00. The lowest BCUT2D eigenvalue weighted by Gasteiger charge is -2.10. The number of anilines is 1. The highest BCUT2D eigenvalue weighted by Gasteiger charge is 2.12. The van der Waals surface area contributed by atoms with E-state index in [0.717, 1.165) is 11.3 Å². The van der Waals surface area contributed by atoms with Gasteiger partial charge in [-0.15, -0.1) is 0 Å². The predicted octanol–water partition coefficient (Wildman–Crippen LogP) is 3.06. The summed E-state index contributed by atoms with van der Waals surface area (Å²) < 4.78 is 10.2. The van der Waals surface area contributed by atoms with E-state index in [-0.39, 0.29) is 0 Å². The first-order valence-corrected chi connectivity index (χ1v) is 5.52. The molecular weight excluding hydrogens is 216 g/mol. The Labute approximate surface area is 100 Å². The fraction of sp³-hybridized carbons (Fsp3) is 0.308. The van der Waals surface area contributed by atoms with Crippen LogP contribution in [-0.4, -0.2) is 12.3 Å². The van der Waals surface area contributed by atoms with Gasteiger partial charge in [-0.2, -0.15) is 0 Å². The average Bonchev–Trinajstić information content (AvgIpc) is 2.74. The Morgan fingerprint density at radius 2 is 2.06 bits per heavy atom. The van der Waals surface area contributed by atoms with Crippen LogP contribution in [0.25, 0.3) is 11.3 Å². The average molecular weight is 232 g/mol. The zero-order chi connectivity index (χ0) is 12.4. The molecule has 0 spiro atoms. The van der Waals surface area contributed by atoms with Crippen molar-refractivity contribution in [1.82, 2.24) is 5.16 Å². The van der Waals surface area contributed by atoms with Gasteiger partial charge in [-0.1, -0.05) is 25.1 Å². The molecule has 0 atom stereocenters. The van der Waals surface area contributed by atoms with Gasteiger partial charge in [-0.25, -0.2) is 0 Å². The molecule has 1 heterocycles. The summed E-state index contributed by atoms with van der Waals surface area (Å²) in [4.78, 5) is 0. The number of benzene rings is 1. The first-order chi connectivity index (χ1) is 8.11. The summed E-state index contributed by atoms with van der Waals surface area (Å²) in [5.41, 5.74) is 8.32. The van der Waals surface area contributed by atoms with E-state index in [9.17, 15) is 0 Å². The second kappa shape index (κ2) is 4.49. The maximum absolute atomic E-state index is 5.52. The number of aromatic nitrogens is 1. The largest absolute Gasteiger partial charge is 0.496 e. The first kappa shape index (κ1) is 11.5. The Morgan fingerprint density at radius 3 is 2.59 bits per heavy atom. The van der Waals surface area contributed by atoms with Crippen LogP contribution in [0.4, 0.5) is 5.88 Å². The monoisotopic (exact) mass is 232 g/mol. The van der Waals surface area contributed by atoms with Crippen LogP contribution in [0.5, 0.6) is 5.75 Å². The van der Waals surface area contributed by atoms with Gasteiger partial charge < -0.3 is 15.0 Å². The molecule has 17 heavy (non-hydrogen) atoms. The van der Waals surface area contributed by atoms with E-state index < -0.39 is 0 Å². The Bertz CT molecular complexity index is 518. The molecule has 2 rings (SSSR count). The van der Waals surface area contributed by atoms with E-state index >= 15 is 0 Å². The zero-order valence-electron chi connectivity index (χ0n) is 10.2. The fourth-order valence-corrected chi connectivity index (χ4v) is 1.69. The summed E-state index contributed by atoms with van der Waals surface area (Å²) in [5, 5.41) is 3.89. The van der Waals surface area contributed by atoms with Crippen molar-refractivity contribution in [1.29, 1.82) is 0 Å². The molecule has 2 N–H and O–H groups in total. The van der Waals surface area contributed by atoms with Crippen LogP contribution in [-0.2, 0) is 0 Å². The minimum atomic E-state index is 0.301. The van der Waals surface area contributed by atoms with Crippen molar-refractivity contribution in [2.45, 2.75) is 19.8 Å². The van der Waals surface area contributed by atoms with E-state index in [1.54, 1.807) is 13.2 Å². The van der Waals surface area contributed by atoms with Gasteiger partial charge in [0.1, 0.15) is 11.4 Å². The van der Waals surface area contributed by atoms with Crippen molar-refractivity contribution < 1.29 is 9.26 Å². The fourth-order valence-electron chi connectivity index (χ4n) is 1.69. The van der Waals surface area contributed by atoms with Crippen LogP contribution in [0, 0.1) is 0 Å². The molecule has 0 bridgehead atoms. The van der Waals surface area contributed by atoms with Crippen molar-refractivity contribution in [3.63, 3.8) is 0 Å². The van der Waals surface area contributed by atoms with Gasteiger partial charge in [0.25, 0.3) is 0 Å².